The molecular weight excluding hydrogens is 1340 g/mol. The fourth-order valence-electron chi connectivity index (χ4n) is 17.9. The minimum Gasteiger partial charge on any atom is -0.432 e. The number of hydrogen-bond donors (Lipinski definition) is 22. The van der Waals surface area contributed by atoms with E-state index in [4.69, 9.17) is 66.3 Å². The molecule has 11 rings (SSSR count). The van der Waals surface area contributed by atoms with Gasteiger partial charge in [-0.05, 0) is 93.5 Å². The van der Waals surface area contributed by atoms with E-state index in [1.165, 1.54) is 6.92 Å². The first-order valence-electron chi connectivity index (χ1n) is 33.8. The fourth-order valence-corrected chi connectivity index (χ4v) is 17.9. The first-order valence-corrected chi connectivity index (χ1v) is 33.8. The van der Waals surface area contributed by atoms with Gasteiger partial charge in [-0.3, -0.25) is 4.79 Å². The van der Waals surface area contributed by atoms with Gasteiger partial charge in [0, 0.05) is 0 Å². The predicted molar refractivity (Wildman–Crippen MR) is 316 cm³/mol. The van der Waals surface area contributed by atoms with Crippen LogP contribution in [0, 0.1) is 28.1 Å². The lowest BCUT2D eigenvalue weighted by atomic mass is 9.41. The molecule has 7 aliphatic heterocycles. The third kappa shape index (κ3) is 14.0. The number of hydrogen-bond acceptors (Lipinski definition) is 37. The summed E-state index contributed by atoms with van der Waals surface area (Å²) in [6.07, 6.45) is -61.9. The highest BCUT2D eigenvalue weighted by Crippen LogP contribution is 2.74. The minimum absolute atomic E-state index is 0.196. The third-order valence-corrected chi connectivity index (χ3v) is 23.4. The van der Waals surface area contributed by atoms with Crippen LogP contribution in [-0.2, 0) is 71.1 Å². The maximum Gasteiger partial charge on any atom is 0.314 e. The molecule has 36 unspecified atom stereocenters. The van der Waals surface area contributed by atoms with Gasteiger partial charge in [0.2, 0.25) is 6.29 Å². The zero-order chi connectivity index (χ0) is 72.0. The Balaban J connectivity index is 0.868. The summed E-state index contributed by atoms with van der Waals surface area (Å²) >= 11 is 0. The van der Waals surface area contributed by atoms with Crippen molar-refractivity contribution in [2.45, 2.75) is 299 Å². The molecule has 7 heterocycles. The van der Waals surface area contributed by atoms with E-state index in [9.17, 15) is 112 Å². The van der Waals surface area contributed by atoms with Crippen molar-refractivity contribution in [3.8, 4) is 0 Å². The standard InChI is InChI=1S/C62H100O37/c1-20-12-61-10-6-28-59(3,8-5-9-60(28,4)58(85)98-56-49(96-54-44(83)40(79)34(73)25(16-66)90-54)47(35(74)26(17-67)91-56)94-52-42(81)38(77)32(71)23(14-64)88-52)29(61)7-11-62(20,19-61)99-57-50(48(36(75)27(18-68)92-57)95-53-43(82)39(78)33(72)24(15-65)89-53)97-55-45(84)46(30(69)21(2)86-55)93-51-41(80)37(76)31(70)22(13-63)87-51/h21-57,63-84H,1,5-19H2,2-4H3/t21?,22?,23?,24?,25?,26?,27?,28-,29-,30?,31?,32?,33?,34?,35?,36?,37?,38?,39?,40?,41?,42?,43?,44?,45?,46?,47?,48?,49?,50?,51?,52?,53?,54?,55?,56?,57?,59+,60+,61+,62?/m0/s1. The first kappa shape index (κ1) is 77.9. The van der Waals surface area contributed by atoms with Gasteiger partial charge in [-0.1, -0.05) is 19.9 Å². The van der Waals surface area contributed by atoms with Crippen LogP contribution in [0.3, 0.4) is 0 Å². The van der Waals surface area contributed by atoms with Crippen molar-refractivity contribution in [3.05, 3.63) is 12.2 Å². The number of carbonyl (C=O) groups excluding carboxylic acids is 1. The molecule has 37 heteroatoms. The Labute approximate surface area is 566 Å². The van der Waals surface area contributed by atoms with Gasteiger partial charge in [0.15, 0.2) is 43.8 Å². The number of rotatable bonds is 20. The average molecular weight is 1440 g/mol. The van der Waals surface area contributed by atoms with Crippen molar-refractivity contribution in [2.24, 2.45) is 28.1 Å². The van der Waals surface area contributed by atoms with Crippen molar-refractivity contribution in [1.29, 1.82) is 0 Å². The number of fused-ring (bicyclic) bond motifs is 3. The lowest BCUT2D eigenvalue weighted by molar-refractivity contribution is -0.405. The Morgan fingerprint density at radius 3 is 1.20 bits per heavy atom. The summed E-state index contributed by atoms with van der Waals surface area (Å²) in [5, 5.41) is 239. The molecule has 0 aromatic rings. The number of carbonyl (C=O) groups is 1. The van der Waals surface area contributed by atoms with E-state index in [-0.39, 0.29) is 25.2 Å². The van der Waals surface area contributed by atoms with Crippen LogP contribution in [-0.4, -0.2) is 378 Å². The average Bonchev–Trinajstić information content (AvgIpc) is 1.65. The molecule has 41 atom stereocenters. The summed E-state index contributed by atoms with van der Waals surface area (Å²) < 4.78 is 85.4. The van der Waals surface area contributed by atoms with Crippen LogP contribution in [0.25, 0.3) is 0 Å². The summed E-state index contributed by atoms with van der Waals surface area (Å²) in [6, 6.07) is 0. The second kappa shape index (κ2) is 30.6. The van der Waals surface area contributed by atoms with Crippen LogP contribution >= 0.6 is 0 Å². The van der Waals surface area contributed by atoms with E-state index in [2.05, 4.69) is 13.5 Å². The Morgan fingerprint density at radius 1 is 0.404 bits per heavy atom. The lowest BCUT2D eigenvalue weighted by Crippen LogP contribution is -2.68. The maximum atomic E-state index is 15.5. The van der Waals surface area contributed by atoms with Crippen LogP contribution in [0.2, 0.25) is 0 Å². The highest BCUT2D eigenvalue weighted by molar-refractivity contribution is 5.77. The minimum atomic E-state index is -2.10. The van der Waals surface area contributed by atoms with E-state index in [0.717, 1.165) is 0 Å². The SMILES string of the molecule is C=C1C[C@@]23CC[C@H]4[C@@](C)(CCC[C@@]4(C)C(=O)OC4OC(CO)C(O)C(OC5OC(CO)C(O)C(O)C5O)C4OC4OC(CO)C(O)C(O)C4O)[C@@H]2CCC1(OC1OC(CO)C(O)C(OC2OC(CO)C(O)C(O)C2O)C1OC1OC(C)C(O)C(OC2OC(CO)C(O)C(O)C2O)C1O)C3. The number of aliphatic hydroxyl groups excluding tert-OH is 22. The maximum absolute atomic E-state index is 15.5. The molecule has 37 nitrogen and oxygen atoms in total. The van der Waals surface area contributed by atoms with Crippen LogP contribution in [0.5, 0.6) is 0 Å². The molecule has 7 saturated heterocycles. The molecule has 11 aliphatic rings. The van der Waals surface area contributed by atoms with Gasteiger partial charge in [-0.15, -0.1) is 0 Å². The van der Waals surface area contributed by atoms with Crippen molar-refractivity contribution >= 4 is 5.97 Å². The summed E-state index contributed by atoms with van der Waals surface area (Å²) in [5.74, 6) is -1.53. The first-order chi connectivity index (χ1) is 46.8. The number of aliphatic hydroxyl groups is 22. The monoisotopic (exact) mass is 1440 g/mol. The molecule has 99 heavy (non-hydrogen) atoms. The van der Waals surface area contributed by atoms with Gasteiger partial charge in [-0.2, -0.15) is 0 Å². The summed E-state index contributed by atoms with van der Waals surface area (Å²) in [5.41, 5.74) is -3.45. The second-order valence-electron chi connectivity index (χ2n) is 29.2. The molecule has 0 aromatic heterocycles. The van der Waals surface area contributed by atoms with Crippen molar-refractivity contribution in [2.75, 3.05) is 39.6 Å². The van der Waals surface area contributed by atoms with Gasteiger partial charge in [-0.25, -0.2) is 0 Å². The molecule has 0 aromatic carbocycles. The van der Waals surface area contributed by atoms with Crippen molar-refractivity contribution in [3.63, 3.8) is 0 Å². The van der Waals surface area contributed by atoms with E-state index in [0.29, 0.717) is 44.1 Å². The molecule has 1 spiro atoms. The molecule has 4 aliphatic carbocycles. The van der Waals surface area contributed by atoms with Gasteiger partial charge in [0.25, 0.3) is 0 Å². The van der Waals surface area contributed by atoms with E-state index >= 15 is 4.79 Å². The topological polar surface area (TPSA) is 591 Å². The Bertz CT molecular complexity index is 2700. The van der Waals surface area contributed by atoms with Crippen LogP contribution < -0.4 is 0 Å². The zero-order valence-electron chi connectivity index (χ0n) is 54.6. The molecule has 4 saturated carbocycles. The van der Waals surface area contributed by atoms with Crippen LogP contribution in [0.15, 0.2) is 12.2 Å². The predicted octanol–water partition coefficient (Wildman–Crippen LogP) is -10.6. The smallest absolute Gasteiger partial charge is 0.314 e. The van der Waals surface area contributed by atoms with Gasteiger partial charge >= 0.3 is 5.97 Å². The number of esters is 1. The quantitative estimate of drug-likeness (QED) is 0.0306. The fraction of sp³-hybridized carbons (Fsp3) is 0.952. The molecule has 22 N–H and O–H groups in total. The highest BCUT2D eigenvalue weighted by Gasteiger charge is 2.70. The third-order valence-electron chi connectivity index (χ3n) is 23.4. The Hall–Kier alpha value is -2.19. The normalized spacial score (nSPS) is 54.9. The van der Waals surface area contributed by atoms with Gasteiger partial charge in [0.1, 0.15) is 159 Å². The highest BCUT2D eigenvalue weighted by atomic mass is 16.8. The molecular formula is C62H100O37. The lowest BCUT2D eigenvalue weighted by Gasteiger charge is -2.64. The van der Waals surface area contributed by atoms with Crippen molar-refractivity contribution in [1.82, 2.24) is 0 Å². The molecule has 0 radical (unpaired) electrons. The number of ether oxygens (including phenoxy) is 14. The molecule has 0 amide bonds. The Morgan fingerprint density at radius 2 is 0.768 bits per heavy atom. The van der Waals surface area contributed by atoms with E-state index in [1.807, 2.05) is 0 Å². The van der Waals surface area contributed by atoms with E-state index in [1.54, 1.807) is 6.92 Å². The van der Waals surface area contributed by atoms with Gasteiger partial charge in [0.05, 0.1) is 56.8 Å². The molecule has 2 bridgehead atoms. The Kier molecular flexibility index (Phi) is 24.1. The van der Waals surface area contributed by atoms with Crippen LogP contribution in [0.4, 0.5) is 0 Å². The molecule has 11 fully saturated rings. The summed E-state index contributed by atoms with van der Waals surface area (Å²) in [7, 11) is 0. The summed E-state index contributed by atoms with van der Waals surface area (Å²) in [6.45, 7) is 4.28. The van der Waals surface area contributed by atoms with E-state index < -0.39 is 288 Å². The zero-order valence-corrected chi connectivity index (χ0v) is 54.6. The summed E-state index contributed by atoms with van der Waals surface area (Å²) in [4.78, 5) is 15.5. The molecule has 570 valence electrons. The van der Waals surface area contributed by atoms with Crippen LogP contribution in [0.1, 0.15) is 78.6 Å². The van der Waals surface area contributed by atoms with Gasteiger partial charge < -0.3 is 179 Å². The largest absolute Gasteiger partial charge is 0.432 e. The van der Waals surface area contributed by atoms with Crippen molar-refractivity contribution < 1.29 is 183 Å². The second-order valence-corrected chi connectivity index (χ2v) is 29.2.